The molecule has 0 N–H and O–H groups in total. The van der Waals surface area contributed by atoms with E-state index in [9.17, 15) is 4.79 Å². The maximum Gasteiger partial charge on any atom is 0.350 e. The fraction of sp³-hybridized carbons (Fsp3) is 0.875. The number of carbonyl (C=O) groups is 1. The van der Waals surface area contributed by atoms with Crippen molar-refractivity contribution in [3.8, 4) is 0 Å². The van der Waals surface area contributed by atoms with Crippen molar-refractivity contribution in [3.63, 3.8) is 0 Å². The molecule has 5 heteroatoms. The highest BCUT2D eigenvalue weighted by atomic mass is 35.5. The maximum absolute atomic E-state index is 11.5. The Kier molecular flexibility index (Phi) is 2.46. The Labute approximate surface area is 88.8 Å². The van der Waals surface area contributed by atoms with Gasteiger partial charge in [0.1, 0.15) is 0 Å². The van der Waals surface area contributed by atoms with Crippen LogP contribution in [-0.2, 0) is 0 Å². The van der Waals surface area contributed by atoms with E-state index in [1.165, 1.54) is 8.84 Å². The third kappa shape index (κ3) is 1.13. The summed E-state index contributed by atoms with van der Waals surface area (Å²) in [5.74, 6) is 0. The van der Waals surface area contributed by atoms with Gasteiger partial charge in [-0.15, -0.1) is 0 Å². The average molecular weight is 225 g/mol. The predicted octanol–water partition coefficient (Wildman–Crippen LogP) is 2.98. The fourth-order valence-electron chi connectivity index (χ4n) is 1.55. The lowest BCUT2D eigenvalue weighted by Gasteiger charge is -2.39. The molecule has 2 amide bonds. The van der Waals surface area contributed by atoms with Crippen LogP contribution in [0.3, 0.4) is 0 Å². The fourth-order valence-corrected chi connectivity index (χ4v) is 2.25. The van der Waals surface area contributed by atoms with Gasteiger partial charge in [0.25, 0.3) is 0 Å². The second-order valence-corrected chi connectivity index (χ2v) is 4.71. The summed E-state index contributed by atoms with van der Waals surface area (Å²) >= 11 is 11.8. The highest BCUT2D eigenvalue weighted by Crippen LogP contribution is 2.45. The lowest BCUT2D eigenvalue weighted by atomic mass is 9.81. The number of hydrogen-bond donors (Lipinski definition) is 0. The van der Waals surface area contributed by atoms with Crippen LogP contribution in [0.15, 0.2) is 0 Å². The van der Waals surface area contributed by atoms with Crippen molar-refractivity contribution in [1.29, 1.82) is 0 Å². The minimum absolute atomic E-state index is 0.349. The van der Waals surface area contributed by atoms with Crippen molar-refractivity contribution in [2.75, 3.05) is 0 Å². The third-order valence-corrected chi connectivity index (χ3v) is 4.35. The van der Waals surface area contributed by atoms with Crippen molar-refractivity contribution < 1.29 is 4.79 Å². The van der Waals surface area contributed by atoms with Gasteiger partial charge in [-0.2, -0.15) is 0 Å². The van der Waals surface area contributed by atoms with Crippen molar-refractivity contribution in [1.82, 2.24) is 8.84 Å². The lowest BCUT2D eigenvalue weighted by molar-refractivity contribution is 0.163. The normalized spacial score (nSPS) is 32.9. The molecule has 1 heterocycles. The maximum atomic E-state index is 11.5. The third-order valence-electron chi connectivity index (χ3n) is 3.27. The van der Waals surface area contributed by atoms with E-state index in [1.807, 2.05) is 27.7 Å². The Bertz CT molecular complexity index is 244. The molecule has 0 spiro atoms. The van der Waals surface area contributed by atoms with Gasteiger partial charge in [-0.05, 0) is 27.2 Å². The first-order valence-electron chi connectivity index (χ1n) is 4.25. The van der Waals surface area contributed by atoms with Crippen LogP contribution in [0, 0.1) is 0 Å². The highest BCUT2D eigenvalue weighted by molar-refractivity contribution is 6.29. The molecule has 13 heavy (non-hydrogen) atoms. The van der Waals surface area contributed by atoms with Crippen LogP contribution in [0.4, 0.5) is 4.79 Å². The van der Waals surface area contributed by atoms with E-state index in [0.717, 1.165) is 6.42 Å². The van der Waals surface area contributed by atoms with Crippen LogP contribution in [0.5, 0.6) is 0 Å². The molecular weight excluding hydrogens is 211 g/mol. The van der Waals surface area contributed by atoms with Gasteiger partial charge in [0.2, 0.25) is 0 Å². The summed E-state index contributed by atoms with van der Waals surface area (Å²) in [7, 11) is 0. The highest BCUT2D eigenvalue weighted by Gasteiger charge is 2.58. The quantitative estimate of drug-likeness (QED) is 0.629. The van der Waals surface area contributed by atoms with Gasteiger partial charge in [0.15, 0.2) is 0 Å². The monoisotopic (exact) mass is 224 g/mol. The summed E-state index contributed by atoms with van der Waals surface area (Å²) < 4.78 is 2.36. The molecule has 0 aromatic rings. The number of urea groups is 1. The van der Waals surface area contributed by atoms with Gasteiger partial charge >= 0.3 is 6.03 Å². The van der Waals surface area contributed by atoms with Gasteiger partial charge in [-0.25, -0.2) is 13.6 Å². The Hall–Kier alpha value is -0.150. The summed E-state index contributed by atoms with van der Waals surface area (Å²) in [4.78, 5) is 11.5. The molecule has 1 atom stereocenters. The summed E-state index contributed by atoms with van der Waals surface area (Å²) in [6.07, 6.45) is 0.762. The predicted molar refractivity (Wildman–Crippen MR) is 53.6 cm³/mol. The molecule has 1 aliphatic heterocycles. The van der Waals surface area contributed by atoms with E-state index in [2.05, 4.69) is 0 Å². The van der Waals surface area contributed by atoms with E-state index in [0.29, 0.717) is 0 Å². The van der Waals surface area contributed by atoms with Crippen LogP contribution in [0.25, 0.3) is 0 Å². The second kappa shape index (κ2) is 2.92. The first kappa shape index (κ1) is 10.9. The van der Waals surface area contributed by atoms with Crippen LogP contribution in [0.1, 0.15) is 34.1 Å². The van der Waals surface area contributed by atoms with Gasteiger partial charge in [-0.3, -0.25) is 0 Å². The molecule has 0 aliphatic carbocycles. The SMILES string of the molecule is CCC1(C)N(Cl)C(=O)N(Cl)C1(C)C. The number of rotatable bonds is 1. The number of carbonyl (C=O) groups excluding carboxylic acids is 1. The number of hydrogen-bond acceptors (Lipinski definition) is 1. The molecule has 0 saturated carbocycles. The number of nitrogens with zero attached hydrogens (tertiary/aromatic N) is 2. The van der Waals surface area contributed by atoms with E-state index in [4.69, 9.17) is 23.6 Å². The molecule has 1 saturated heterocycles. The van der Waals surface area contributed by atoms with Crippen molar-refractivity contribution in [2.45, 2.75) is 45.2 Å². The van der Waals surface area contributed by atoms with Crippen LogP contribution >= 0.6 is 23.6 Å². The average Bonchev–Trinajstić information content (AvgIpc) is 2.20. The van der Waals surface area contributed by atoms with Crippen LogP contribution < -0.4 is 0 Å². The van der Waals surface area contributed by atoms with Crippen molar-refractivity contribution >= 4 is 29.6 Å². The van der Waals surface area contributed by atoms with Crippen molar-refractivity contribution in [2.24, 2.45) is 0 Å². The first-order chi connectivity index (χ1) is 5.79. The van der Waals surface area contributed by atoms with E-state index in [1.54, 1.807) is 0 Å². The standard InChI is InChI=1S/C8H14Cl2N2O/c1-5-8(4)7(2,3)11(9)6(13)12(8)10/h5H2,1-4H3. The summed E-state index contributed by atoms with van der Waals surface area (Å²) in [6, 6.07) is -0.349. The largest absolute Gasteiger partial charge is 0.350 e. The zero-order valence-electron chi connectivity index (χ0n) is 8.27. The molecule has 3 nitrogen and oxygen atoms in total. The summed E-state index contributed by atoms with van der Waals surface area (Å²) in [5.41, 5.74) is -0.879. The van der Waals surface area contributed by atoms with Gasteiger partial charge < -0.3 is 0 Å². The van der Waals surface area contributed by atoms with Gasteiger partial charge in [0.05, 0.1) is 11.1 Å². The Morgan fingerprint density at radius 2 is 1.69 bits per heavy atom. The molecule has 76 valence electrons. The topological polar surface area (TPSA) is 23.6 Å². The van der Waals surface area contributed by atoms with E-state index in [-0.39, 0.29) is 6.03 Å². The van der Waals surface area contributed by atoms with E-state index < -0.39 is 11.1 Å². The van der Waals surface area contributed by atoms with Crippen LogP contribution in [-0.4, -0.2) is 25.9 Å². The van der Waals surface area contributed by atoms with Crippen molar-refractivity contribution in [3.05, 3.63) is 0 Å². The zero-order chi connectivity index (χ0) is 10.4. The number of amides is 2. The molecule has 1 fully saturated rings. The number of halogens is 2. The molecule has 1 unspecified atom stereocenters. The molecule has 1 aliphatic rings. The van der Waals surface area contributed by atoms with E-state index >= 15 is 0 Å². The molecule has 0 aromatic heterocycles. The molecule has 0 aromatic carbocycles. The second-order valence-electron chi connectivity index (χ2n) is 4.03. The van der Waals surface area contributed by atoms with Gasteiger partial charge in [0, 0.05) is 23.6 Å². The minimum Gasteiger partial charge on any atom is -0.246 e. The Morgan fingerprint density at radius 3 is 1.85 bits per heavy atom. The lowest BCUT2D eigenvalue weighted by Crippen LogP contribution is -2.52. The summed E-state index contributed by atoms with van der Waals surface area (Å²) in [5, 5.41) is 0. The minimum atomic E-state index is -0.456. The Balaban J connectivity index is 3.17. The summed E-state index contributed by atoms with van der Waals surface area (Å²) in [6.45, 7) is 7.73. The molecule has 0 radical (unpaired) electrons. The van der Waals surface area contributed by atoms with Gasteiger partial charge in [-0.1, -0.05) is 6.92 Å². The van der Waals surface area contributed by atoms with Crippen LogP contribution in [0.2, 0.25) is 0 Å². The molecular formula is C8H14Cl2N2O. The first-order valence-corrected chi connectivity index (χ1v) is 4.92. The smallest absolute Gasteiger partial charge is 0.246 e. The molecule has 1 rings (SSSR count). The Morgan fingerprint density at radius 1 is 1.23 bits per heavy atom. The molecule has 0 bridgehead atoms. The zero-order valence-corrected chi connectivity index (χ0v) is 9.78.